The molecule has 28 heavy (non-hydrogen) atoms. The molecule has 0 bridgehead atoms. The molecule has 5 heteroatoms. The van der Waals surface area contributed by atoms with E-state index in [2.05, 4.69) is 24.4 Å². The Morgan fingerprint density at radius 1 is 1.18 bits per heavy atom. The van der Waals surface area contributed by atoms with Crippen molar-refractivity contribution in [3.05, 3.63) is 70.8 Å². The molecule has 2 nitrogen and oxygen atoms in total. The van der Waals surface area contributed by atoms with Crippen molar-refractivity contribution in [2.75, 3.05) is 13.2 Å². The van der Waals surface area contributed by atoms with Crippen molar-refractivity contribution in [2.45, 2.75) is 51.4 Å². The van der Waals surface area contributed by atoms with E-state index >= 15 is 0 Å². The van der Waals surface area contributed by atoms with Crippen LogP contribution in [0.15, 0.2) is 48.5 Å². The molecule has 1 aliphatic rings. The predicted molar refractivity (Wildman–Crippen MR) is 105 cm³/mol. The van der Waals surface area contributed by atoms with Crippen LogP contribution < -0.4 is 5.32 Å². The molecular formula is C23H28F3NO. The highest BCUT2D eigenvalue weighted by Crippen LogP contribution is 2.36. The van der Waals surface area contributed by atoms with Crippen molar-refractivity contribution < 1.29 is 17.9 Å². The van der Waals surface area contributed by atoms with E-state index in [1.807, 2.05) is 25.1 Å². The number of alkyl halides is 3. The number of ether oxygens (including phenoxy) is 1. The third-order valence-corrected chi connectivity index (χ3v) is 5.66. The number of hydrogen-bond donors (Lipinski definition) is 1. The molecule has 0 radical (unpaired) electrons. The molecule has 0 amide bonds. The van der Waals surface area contributed by atoms with Gasteiger partial charge in [0.15, 0.2) is 0 Å². The molecule has 2 unspecified atom stereocenters. The lowest BCUT2D eigenvalue weighted by molar-refractivity contribution is -0.137. The molecule has 1 heterocycles. The second-order valence-electron chi connectivity index (χ2n) is 8.06. The SMILES string of the molecule is Cc1cc(C(C)OC[C@@]2(c3ccccc3)CCC(C)CN2)cc(C(F)(F)F)c1. The van der Waals surface area contributed by atoms with Crippen LogP contribution in [0.2, 0.25) is 0 Å². The zero-order valence-electron chi connectivity index (χ0n) is 16.6. The summed E-state index contributed by atoms with van der Waals surface area (Å²) in [5, 5.41) is 3.65. The predicted octanol–water partition coefficient (Wildman–Crippen LogP) is 6.01. The molecule has 2 aromatic carbocycles. The van der Waals surface area contributed by atoms with Gasteiger partial charge >= 0.3 is 6.18 Å². The summed E-state index contributed by atoms with van der Waals surface area (Å²) < 4.78 is 45.6. The summed E-state index contributed by atoms with van der Waals surface area (Å²) in [5.41, 5.74) is 1.37. The molecule has 1 N–H and O–H groups in total. The van der Waals surface area contributed by atoms with Crippen molar-refractivity contribution in [2.24, 2.45) is 5.92 Å². The number of nitrogens with one attached hydrogen (secondary N) is 1. The number of piperidine rings is 1. The van der Waals surface area contributed by atoms with Crippen molar-refractivity contribution in [1.29, 1.82) is 0 Å². The van der Waals surface area contributed by atoms with Crippen molar-refractivity contribution >= 4 is 0 Å². The van der Waals surface area contributed by atoms with Gasteiger partial charge in [-0.2, -0.15) is 13.2 Å². The maximum absolute atomic E-state index is 13.2. The van der Waals surface area contributed by atoms with Gasteiger partial charge in [-0.05, 0) is 62.4 Å². The van der Waals surface area contributed by atoms with Gasteiger partial charge in [0.2, 0.25) is 0 Å². The van der Waals surface area contributed by atoms with Crippen LogP contribution in [0, 0.1) is 12.8 Å². The summed E-state index contributed by atoms with van der Waals surface area (Å²) in [6, 6.07) is 14.3. The number of halogens is 3. The van der Waals surface area contributed by atoms with Gasteiger partial charge in [-0.15, -0.1) is 0 Å². The summed E-state index contributed by atoms with van der Waals surface area (Å²) in [5.74, 6) is 0.598. The van der Waals surface area contributed by atoms with Gasteiger partial charge in [0.05, 0.1) is 23.8 Å². The summed E-state index contributed by atoms with van der Waals surface area (Å²) in [4.78, 5) is 0. The van der Waals surface area contributed by atoms with Crippen molar-refractivity contribution in [1.82, 2.24) is 5.32 Å². The largest absolute Gasteiger partial charge is 0.416 e. The highest BCUT2D eigenvalue weighted by Gasteiger charge is 2.36. The average Bonchev–Trinajstić information content (AvgIpc) is 2.67. The van der Waals surface area contributed by atoms with Gasteiger partial charge in [-0.1, -0.05) is 48.9 Å². The number of rotatable bonds is 5. The molecule has 1 fully saturated rings. The van der Waals surface area contributed by atoms with E-state index in [0.717, 1.165) is 24.9 Å². The van der Waals surface area contributed by atoms with E-state index in [9.17, 15) is 13.2 Å². The van der Waals surface area contributed by atoms with Crippen molar-refractivity contribution in [3.8, 4) is 0 Å². The second kappa shape index (κ2) is 8.26. The Kier molecular flexibility index (Phi) is 6.15. The van der Waals surface area contributed by atoms with E-state index in [1.165, 1.54) is 12.1 Å². The van der Waals surface area contributed by atoms with E-state index in [-0.39, 0.29) is 5.54 Å². The second-order valence-corrected chi connectivity index (χ2v) is 8.06. The monoisotopic (exact) mass is 391 g/mol. The van der Waals surface area contributed by atoms with Gasteiger partial charge in [0, 0.05) is 0 Å². The van der Waals surface area contributed by atoms with Gasteiger partial charge in [0.25, 0.3) is 0 Å². The Morgan fingerprint density at radius 3 is 2.50 bits per heavy atom. The zero-order chi connectivity index (χ0) is 20.4. The van der Waals surface area contributed by atoms with Crippen LogP contribution in [-0.2, 0) is 16.5 Å². The van der Waals surface area contributed by atoms with Gasteiger partial charge in [-0.3, -0.25) is 0 Å². The average molecular weight is 391 g/mol. The van der Waals surface area contributed by atoms with Gasteiger partial charge in [-0.25, -0.2) is 0 Å². The quantitative estimate of drug-likeness (QED) is 0.674. The molecule has 1 aliphatic heterocycles. The highest BCUT2D eigenvalue weighted by atomic mass is 19.4. The smallest absolute Gasteiger partial charge is 0.372 e. The van der Waals surface area contributed by atoms with Gasteiger partial charge < -0.3 is 10.1 Å². The molecule has 3 rings (SSSR count). The van der Waals surface area contributed by atoms with E-state index in [4.69, 9.17) is 4.74 Å². The molecule has 0 aromatic heterocycles. The fourth-order valence-corrected chi connectivity index (χ4v) is 3.84. The Labute approximate surface area is 165 Å². The fourth-order valence-electron chi connectivity index (χ4n) is 3.84. The standard InChI is InChI=1S/C23H28F3NO/c1-16-9-10-22(27-14-16,20-7-5-4-6-8-20)15-28-18(3)19-11-17(2)12-21(13-19)23(24,25)26/h4-8,11-13,16,18,27H,9-10,14-15H2,1-3H3/t16?,18?,22-/m1/s1. The zero-order valence-corrected chi connectivity index (χ0v) is 16.6. The van der Waals surface area contributed by atoms with E-state index in [1.54, 1.807) is 13.0 Å². The minimum absolute atomic E-state index is 0.307. The maximum atomic E-state index is 13.2. The van der Waals surface area contributed by atoms with Crippen LogP contribution in [0.4, 0.5) is 13.2 Å². The molecule has 0 spiro atoms. The normalized spacial score (nSPS) is 24.1. The topological polar surface area (TPSA) is 21.3 Å². The van der Waals surface area contributed by atoms with Crippen LogP contribution >= 0.6 is 0 Å². The first-order valence-corrected chi connectivity index (χ1v) is 9.80. The third-order valence-electron chi connectivity index (χ3n) is 5.66. The summed E-state index contributed by atoms with van der Waals surface area (Å²) in [6.07, 6.45) is -2.76. The first-order valence-electron chi connectivity index (χ1n) is 9.80. The lowest BCUT2D eigenvalue weighted by atomic mass is 9.80. The first-order chi connectivity index (χ1) is 13.2. The van der Waals surface area contributed by atoms with E-state index in [0.29, 0.717) is 23.7 Å². The molecular weight excluding hydrogens is 363 g/mol. The number of hydrogen-bond acceptors (Lipinski definition) is 2. The summed E-state index contributed by atoms with van der Waals surface area (Å²) >= 11 is 0. The van der Waals surface area contributed by atoms with Crippen LogP contribution in [-0.4, -0.2) is 13.2 Å². The maximum Gasteiger partial charge on any atom is 0.416 e. The molecule has 152 valence electrons. The van der Waals surface area contributed by atoms with Crippen LogP contribution in [0.3, 0.4) is 0 Å². The van der Waals surface area contributed by atoms with Gasteiger partial charge in [0.1, 0.15) is 0 Å². The summed E-state index contributed by atoms with van der Waals surface area (Å²) in [6.45, 7) is 7.03. The number of benzene rings is 2. The van der Waals surface area contributed by atoms with Crippen LogP contribution in [0.25, 0.3) is 0 Å². The van der Waals surface area contributed by atoms with E-state index < -0.39 is 17.8 Å². The molecule has 3 atom stereocenters. The molecule has 0 aliphatic carbocycles. The third kappa shape index (κ3) is 4.76. The molecule has 1 saturated heterocycles. The Bertz CT molecular complexity index is 780. The van der Waals surface area contributed by atoms with Crippen LogP contribution in [0.1, 0.15) is 55.0 Å². The minimum atomic E-state index is -4.35. The van der Waals surface area contributed by atoms with Crippen molar-refractivity contribution in [3.63, 3.8) is 0 Å². The molecule has 2 aromatic rings. The Balaban J connectivity index is 1.80. The first kappa shape index (κ1) is 20.9. The van der Waals surface area contributed by atoms with Crippen LogP contribution in [0.5, 0.6) is 0 Å². The Hall–Kier alpha value is -1.85. The summed E-state index contributed by atoms with van der Waals surface area (Å²) in [7, 11) is 0. The minimum Gasteiger partial charge on any atom is -0.372 e. The Morgan fingerprint density at radius 2 is 1.89 bits per heavy atom. The fraction of sp³-hybridized carbons (Fsp3) is 0.478. The lowest BCUT2D eigenvalue weighted by Gasteiger charge is -2.41. The highest BCUT2D eigenvalue weighted by molar-refractivity contribution is 5.32. The number of aryl methyl sites for hydroxylation is 1. The molecule has 0 saturated carbocycles. The lowest BCUT2D eigenvalue weighted by Crippen LogP contribution is -2.51.